The molecule has 0 aliphatic carbocycles. The molecule has 1 amide bonds. The van der Waals surface area contributed by atoms with Crippen molar-refractivity contribution < 1.29 is 9.53 Å². The lowest BCUT2D eigenvalue weighted by Crippen LogP contribution is -2.34. The second kappa shape index (κ2) is 9.36. The first-order chi connectivity index (χ1) is 12.9. The number of nitrogens with zero attached hydrogens (tertiary/aromatic N) is 5. The van der Waals surface area contributed by atoms with Crippen molar-refractivity contribution in [3.05, 3.63) is 35.7 Å². The number of rotatable bonds is 7. The third kappa shape index (κ3) is 4.63. The van der Waals surface area contributed by atoms with E-state index in [2.05, 4.69) is 10.00 Å². The van der Waals surface area contributed by atoms with Gasteiger partial charge in [0.1, 0.15) is 11.3 Å². The molecule has 0 N–H and O–H groups in total. The maximum Gasteiger partial charge on any atom is 0.280 e. The number of para-hydroxylation sites is 1. The van der Waals surface area contributed by atoms with E-state index in [1.54, 1.807) is 16.7 Å². The smallest absolute Gasteiger partial charge is 0.280 e. The molecule has 0 fully saturated rings. The molecule has 0 radical (unpaired) electrons. The number of carbonyl (C=O) groups excluding carboxylic acids is 1. The standard InChI is InChI=1S/C19H25N5O2S.ClH/c1-13-12-23(4)21-16(13)18(25)24(11-7-10-22(2)3)19-20-17-14(26-5)8-6-9-15(17)27-19;/h6,8-9,12H,7,10-11H2,1-5H3;1H. The van der Waals surface area contributed by atoms with Gasteiger partial charge in [0.15, 0.2) is 10.8 Å². The summed E-state index contributed by atoms with van der Waals surface area (Å²) in [5.41, 5.74) is 2.11. The van der Waals surface area contributed by atoms with E-state index in [0.717, 1.165) is 28.7 Å². The molecule has 0 saturated carbocycles. The number of aromatic nitrogens is 3. The van der Waals surface area contributed by atoms with Crippen molar-refractivity contribution in [3.8, 4) is 5.75 Å². The number of aryl methyl sites for hydroxylation is 2. The first-order valence-corrected chi connectivity index (χ1v) is 9.62. The Morgan fingerprint density at radius 1 is 1.29 bits per heavy atom. The van der Waals surface area contributed by atoms with E-state index in [4.69, 9.17) is 9.72 Å². The fourth-order valence-corrected chi connectivity index (χ4v) is 3.97. The van der Waals surface area contributed by atoms with Crippen molar-refractivity contribution in [1.82, 2.24) is 19.7 Å². The van der Waals surface area contributed by atoms with Crippen LogP contribution in [0, 0.1) is 6.92 Å². The third-order valence-corrected chi connectivity index (χ3v) is 5.31. The molecule has 1 aromatic carbocycles. The van der Waals surface area contributed by atoms with Crippen LogP contribution in [0.25, 0.3) is 10.2 Å². The van der Waals surface area contributed by atoms with E-state index in [9.17, 15) is 4.79 Å². The highest BCUT2D eigenvalue weighted by Gasteiger charge is 2.25. The number of hydrogen-bond acceptors (Lipinski definition) is 6. The Kier molecular flexibility index (Phi) is 7.40. The van der Waals surface area contributed by atoms with Gasteiger partial charge in [-0.25, -0.2) is 4.98 Å². The molecule has 0 bridgehead atoms. The van der Waals surface area contributed by atoms with Crippen molar-refractivity contribution in [2.45, 2.75) is 13.3 Å². The van der Waals surface area contributed by atoms with Gasteiger partial charge in [0, 0.05) is 25.4 Å². The number of hydrogen-bond donors (Lipinski definition) is 0. The van der Waals surface area contributed by atoms with E-state index in [1.807, 2.05) is 52.5 Å². The highest BCUT2D eigenvalue weighted by atomic mass is 35.5. The summed E-state index contributed by atoms with van der Waals surface area (Å²) in [6.07, 6.45) is 2.70. The van der Waals surface area contributed by atoms with Gasteiger partial charge in [0.05, 0.1) is 11.8 Å². The Labute approximate surface area is 175 Å². The van der Waals surface area contributed by atoms with Gasteiger partial charge in [-0.1, -0.05) is 17.4 Å². The SMILES string of the molecule is COc1cccc2sc(N(CCCN(C)C)C(=O)c3nn(C)cc3C)nc12.Cl. The number of amides is 1. The topological polar surface area (TPSA) is 63.5 Å². The number of benzene rings is 1. The average molecular weight is 424 g/mol. The molecule has 3 aromatic rings. The van der Waals surface area contributed by atoms with Crippen LogP contribution in [0.5, 0.6) is 5.75 Å². The first-order valence-electron chi connectivity index (χ1n) is 8.81. The van der Waals surface area contributed by atoms with Crippen molar-refractivity contribution in [3.63, 3.8) is 0 Å². The van der Waals surface area contributed by atoms with Crippen LogP contribution < -0.4 is 9.64 Å². The van der Waals surface area contributed by atoms with Crippen LogP contribution in [-0.4, -0.2) is 59.9 Å². The van der Waals surface area contributed by atoms with Crippen LogP contribution in [-0.2, 0) is 7.05 Å². The summed E-state index contributed by atoms with van der Waals surface area (Å²) in [5.74, 6) is 0.592. The fraction of sp³-hybridized carbons (Fsp3) is 0.421. The van der Waals surface area contributed by atoms with E-state index in [0.29, 0.717) is 23.1 Å². The van der Waals surface area contributed by atoms with Crippen LogP contribution in [0.2, 0.25) is 0 Å². The van der Waals surface area contributed by atoms with Crippen LogP contribution in [0.3, 0.4) is 0 Å². The Bertz CT molecular complexity index is 953. The second-order valence-electron chi connectivity index (χ2n) is 6.75. The minimum Gasteiger partial charge on any atom is -0.494 e. The zero-order chi connectivity index (χ0) is 19.6. The number of methoxy groups -OCH3 is 1. The molecule has 0 unspecified atom stereocenters. The lowest BCUT2D eigenvalue weighted by molar-refractivity contribution is 0.0980. The molecular weight excluding hydrogens is 398 g/mol. The summed E-state index contributed by atoms with van der Waals surface area (Å²) in [6.45, 7) is 3.37. The lowest BCUT2D eigenvalue weighted by atomic mass is 10.2. The molecule has 0 spiro atoms. The predicted octanol–water partition coefficient (Wildman–Crippen LogP) is 3.37. The van der Waals surface area contributed by atoms with Gasteiger partial charge in [-0.3, -0.25) is 14.4 Å². The number of ether oxygens (including phenoxy) is 1. The molecule has 3 rings (SSSR count). The number of fused-ring (bicyclic) bond motifs is 1. The van der Waals surface area contributed by atoms with Crippen molar-refractivity contribution in [2.24, 2.45) is 7.05 Å². The number of halogens is 1. The molecule has 0 aliphatic heterocycles. The largest absolute Gasteiger partial charge is 0.494 e. The fourth-order valence-electron chi connectivity index (χ4n) is 2.97. The molecule has 152 valence electrons. The molecule has 2 heterocycles. The Morgan fingerprint density at radius 3 is 2.64 bits per heavy atom. The van der Waals surface area contributed by atoms with Crippen molar-refractivity contribution in [2.75, 3.05) is 39.2 Å². The predicted molar refractivity (Wildman–Crippen MR) is 116 cm³/mol. The van der Waals surface area contributed by atoms with Gasteiger partial charge in [0.25, 0.3) is 5.91 Å². The minimum absolute atomic E-state index is 0. The van der Waals surface area contributed by atoms with Gasteiger partial charge < -0.3 is 9.64 Å². The second-order valence-corrected chi connectivity index (χ2v) is 7.76. The summed E-state index contributed by atoms with van der Waals surface area (Å²) in [4.78, 5) is 21.8. The highest BCUT2D eigenvalue weighted by molar-refractivity contribution is 7.22. The van der Waals surface area contributed by atoms with Gasteiger partial charge in [-0.2, -0.15) is 5.10 Å². The van der Waals surface area contributed by atoms with Crippen molar-refractivity contribution >= 4 is 45.0 Å². The Morgan fingerprint density at radius 2 is 2.04 bits per heavy atom. The lowest BCUT2D eigenvalue weighted by Gasteiger charge is -2.20. The van der Waals surface area contributed by atoms with Gasteiger partial charge in [-0.05, 0) is 46.1 Å². The zero-order valence-corrected chi connectivity index (χ0v) is 18.4. The molecule has 0 atom stereocenters. The average Bonchev–Trinajstić information content (AvgIpc) is 3.20. The van der Waals surface area contributed by atoms with E-state index < -0.39 is 0 Å². The highest BCUT2D eigenvalue weighted by Crippen LogP contribution is 2.34. The van der Waals surface area contributed by atoms with Crippen LogP contribution in [0.1, 0.15) is 22.5 Å². The van der Waals surface area contributed by atoms with Gasteiger partial charge >= 0.3 is 0 Å². The molecule has 7 nitrogen and oxygen atoms in total. The summed E-state index contributed by atoms with van der Waals surface area (Å²) in [7, 11) is 7.50. The number of thiazole rings is 1. The molecule has 0 aliphatic rings. The maximum atomic E-state index is 13.3. The van der Waals surface area contributed by atoms with Crippen molar-refractivity contribution in [1.29, 1.82) is 0 Å². The van der Waals surface area contributed by atoms with Gasteiger partial charge in [0.2, 0.25) is 0 Å². The summed E-state index contributed by atoms with van der Waals surface area (Å²) in [5, 5.41) is 5.02. The maximum absolute atomic E-state index is 13.3. The minimum atomic E-state index is -0.120. The Hall–Kier alpha value is -2.16. The summed E-state index contributed by atoms with van der Waals surface area (Å²) >= 11 is 1.50. The molecular formula is C19H26ClN5O2S. The number of anilines is 1. The molecule has 2 aromatic heterocycles. The summed E-state index contributed by atoms with van der Waals surface area (Å²) < 4.78 is 8.08. The van der Waals surface area contributed by atoms with Crippen LogP contribution >= 0.6 is 23.7 Å². The van der Waals surface area contributed by atoms with Crippen LogP contribution in [0.4, 0.5) is 5.13 Å². The normalized spacial score (nSPS) is 10.9. The quantitative estimate of drug-likeness (QED) is 0.583. The van der Waals surface area contributed by atoms with Gasteiger partial charge in [-0.15, -0.1) is 12.4 Å². The van der Waals surface area contributed by atoms with Crippen LogP contribution in [0.15, 0.2) is 24.4 Å². The van der Waals surface area contributed by atoms with E-state index in [1.165, 1.54) is 11.3 Å². The first kappa shape index (κ1) is 22.1. The van der Waals surface area contributed by atoms with E-state index in [-0.39, 0.29) is 18.3 Å². The van der Waals surface area contributed by atoms with E-state index >= 15 is 0 Å². The molecule has 0 saturated heterocycles. The zero-order valence-electron chi connectivity index (χ0n) is 16.8. The third-order valence-electron chi connectivity index (χ3n) is 4.27. The molecule has 28 heavy (non-hydrogen) atoms. The Balaban J connectivity index is 0.00000280. The number of carbonyl (C=O) groups is 1. The summed E-state index contributed by atoms with van der Waals surface area (Å²) in [6, 6.07) is 5.81. The molecule has 9 heteroatoms. The monoisotopic (exact) mass is 423 g/mol.